The molecule has 134 valence electrons. The summed E-state index contributed by atoms with van der Waals surface area (Å²) in [7, 11) is 0. The van der Waals surface area contributed by atoms with Gasteiger partial charge in [0, 0.05) is 17.7 Å². The zero-order valence-electron chi connectivity index (χ0n) is 14.8. The maximum absolute atomic E-state index is 14.7. The van der Waals surface area contributed by atoms with E-state index in [9.17, 15) is 14.3 Å². The first-order valence-corrected chi connectivity index (χ1v) is 8.37. The largest absolute Gasteiger partial charge is 0.494 e. The zero-order chi connectivity index (χ0) is 18.8. The highest BCUT2D eigenvalue weighted by Crippen LogP contribution is 2.33. The highest BCUT2D eigenvalue weighted by atomic mass is 19.1. The van der Waals surface area contributed by atoms with Gasteiger partial charge in [0.1, 0.15) is 17.9 Å². The molecule has 1 N–H and O–H groups in total. The average molecular weight is 354 g/mol. The Kier molecular flexibility index (Phi) is 4.84. The third kappa shape index (κ3) is 3.22. The molecule has 0 spiro atoms. The van der Waals surface area contributed by atoms with E-state index in [-0.39, 0.29) is 16.9 Å². The highest BCUT2D eigenvalue weighted by Gasteiger charge is 2.17. The Morgan fingerprint density at radius 1 is 1.23 bits per heavy atom. The molecule has 0 aliphatic heterocycles. The number of benzene rings is 2. The summed E-state index contributed by atoms with van der Waals surface area (Å²) in [5.41, 5.74) is 2.42. The first-order valence-electron chi connectivity index (χ1n) is 8.37. The summed E-state index contributed by atoms with van der Waals surface area (Å²) in [6, 6.07) is 7.92. The molecule has 3 rings (SSSR count). The monoisotopic (exact) mass is 354 g/mol. The molecule has 2 aromatic carbocycles. The van der Waals surface area contributed by atoms with Crippen LogP contribution in [0.4, 0.5) is 4.39 Å². The van der Waals surface area contributed by atoms with E-state index in [1.807, 2.05) is 20.8 Å². The van der Waals surface area contributed by atoms with Crippen LogP contribution in [0, 0.1) is 5.82 Å². The number of rotatable bonds is 5. The van der Waals surface area contributed by atoms with Crippen LogP contribution in [-0.2, 0) is 0 Å². The van der Waals surface area contributed by atoms with E-state index < -0.39 is 11.8 Å². The molecule has 0 amide bonds. The molecular weight excluding hydrogens is 335 g/mol. The number of hydrogen-bond acceptors (Lipinski definition) is 4. The van der Waals surface area contributed by atoms with Gasteiger partial charge in [-0.05, 0) is 30.5 Å². The van der Waals surface area contributed by atoms with Crippen LogP contribution in [0.5, 0.6) is 5.75 Å². The van der Waals surface area contributed by atoms with Gasteiger partial charge < -0.3 is 9.84 Å². The Balaban J connectivity index is 2.23. The number of aromatic carboxylic acids is 1. The number of ether oxygens (including phenoxy) is 1. The van der Waals surface area contributed by atoms with Gasteiger partial charge in [-0.1, -0.05) is 19.9 Å². The number of aromatic nitrogens is 2. The van der Waals surface area contributed by atoms with Gasteiger partial charge in [0.05, 0.1) is 28.8 Å². The SMILES string of the molecule is CCOc1cc(F)c2c(-c3ccc(C(=O)O)c(C(C)C)c3)ncnc2c1. The van der Waals surface area contributed by atoms with Crippen LogP contribution in [0.15, 0.2) is 36.7 Å². The lowest BCUT2D eigenvalue weighted by molar-refractivity contribution is 0.0695. The molecule has 1 aromatic heterocycles. The van der Waals surface area contributed by atoms with Crippen molar-refractivity contribution in [1.29, 1.82) is 0 Å². The molecule has 0 saturated heterocycles. The molecule has 6 heteroatoms. The van der Waals surface area contributed by atoms with Crippen molar-refractivity contribution in [3.8, 4) is 17.0 Å². The summed E-state index contributed by atoms with van der Waals surface area (Å²) in [4.78, 5) is 19.8. The van der Waals surface area contributed by atoms with Crippen LogP contribution in [0.3, 0.4) is 0 Å². The molecule has 26 heavy (non-hydrogen) atoms. The van der Waals surface area contributed by atoms with Crippen molar-refractivity contribution in [3.63, 3.8) is 0 Å². The molecule has 0 aliphatic carbocycles. The maximum atomic E-state index is 14.7. The second-order valence-electron chi connectivity index (χ2n) is 6.22. The van der Waals surface area contributed by atoms with Crippen molar-refractivity contribution in [2.75, 3.05) is 6.61 Å². The molecule has 0 atom stereocenters. The van der Waals surface area contributed by atoms with Gasteiger partial charge in [-0.25, -0.2) is 19.2 Å². The summed E-state index contributed by atoms with van der Waals surface area (Å²) >= 11 is 0. The topological polar surface area (TPSA) is 72.3 Å². The summed E-state index contributed by atoms with van der Waals surface area (Å²) in [6.07, 6.45) is 1.37. The fourth-order valence-electron chi connectivity index (χ4n) is 2.97. The van der Waals surface area contributed by atoms with E-state index in [1.54, 1.807) is 18.2 Å². The Bertz CT molecular complexity index is 986. The quantitative estimate of drug-likeness (QED) is 0.722. The standard InChI is InChI=1S/C20H19FN2O3/c1-4-26-13-8-16(21)18-17(9-13)22-10-23-19(18)12-5-6-14(20(24)25)15(7-12)11(2)3/h5-11H,4H2,1-3H3,(H,24,25). The molecule has 0 saturated carbocycles. The Hall–Kier alpha value is -3.02. The summed E-state index contributed by atoms with van der Waals surface area (Å²) in [5, 5.41) is 9.66. The van der Waals surface area contributed by atoms with Crippen LogP contribution < -0.4 is 4.74 Å². The lowest BCUT2D eigenvalue weighted by atomic mass is 9.93. The van der Waals surface area contributed by atoms with Crippen LogP contribution in [0.25, 0.3) is 22.2 Å². The lowest BCUT2D eigenvalue weighted by Gasteiger charge is -2.13. The first-order chi connectivity index (χ1) is 12.4. The van der Waals surface area contributed by atoms with Gasteiger partial charge in [0.25, 0.3) is 0 Å². The van der Waals surface area contributed by atoms with Crippen LogP contribution in [-0.4, -0.2) is 27.7 Å². The molecule has 5 nitrogen and oxygen atoms in total. The molecular formula is C20H19FN2O3. The average Bonchev–Trinajstić information content (AvgIpc) is 2.60. The third-order valence-corrected chi connectivity index (χ3v) is 4.15. The van der Waals surface area contributed by atoms with E-state index in [4.69, 9.17) is 4.74 Å². The minimum atomic E-state index is -0.986. The number of hydrogen-bond donors (Lipinski definition) is 1. The van der Waals surface area contributed by atoms with Gasteiger partial charge in [0.15, 0.2) is 0 Å². The number of nitrogens with zero attached hydrogens (tertiary/aromatic N) is 2. The number of halogens is 1. The molecule has 3 aromatic rings. The lowest BCUT2D eigenvalue weighted by Crippen LogP contribution is -2.04. The second-order valence-corrected chi connectivity index (χ2v) is 6.22. The number of carboxylic acids is 1. The maximum Gasteiger partial charge on any atom is 0.335 e. The zero-order valence-corrected chi connectivity index (χ0v) is 14.8. The second kappa shape index (κ2) is 7.07. The molecule has 0 bridgehead atoms. The van der Waals surface area contributed by atoms with E-state index >= 15 is 0 Å². The molecule has 0 unspecified atom stereocenters. The number of carboxylic acid groups (broad SMARTS) is 1. The third-order valence-electron chi connectivity index (χ3n) is 4.15. The van der Waals surface area contributed by atoms with Gasteiger partial charge >= 0.3 is 5.97 Å². The summed E-state index contributed by atoms with van der Waals surface area (Å²) in [5.74, 6) is -1.05. The molecule has 0 radical (unpaired) electrons. The minimum Gasteiger partial charge on any atom is -0.494 e. The molecule has 1 heterocycles. The van der Waals surface area contributed by atoms with Gasteiger partial charge in [-0.2, -0.15) is 0 Å². The fourth-order valence-corrected chi connectivity index (χ4v) is 2.97. The first kappa shape index (κ1) is 17.8. The number of carbonyl (C=O) groups is 1. The van der Waals surface area contributed by atoms with E-state index in [0.717, 1.165) is 0 Å². The molecule has 0 aliphatic rings. The smallest absolute Gasteiger partial charge is 0.335 e. The van der Waals surface area contributed by atoms with Crippen LogP contribution in [0.1, 0.15) is 42.6 Å². The van der Waals surface area contributed by atoms with Crippen molar-refractivity contribution in [2.24, 2.45) is 0 Å². The predicted molar refractivity (Wildman–Crippen MR) is 97.1 cm³/mol. The van der Waals surface area contributed by atoms with Gasteiger partial charge in [0.2, 0.25) is 0 Å². The summed E-state index contributed by atoms with van der Waals surface area (Å²) in [6.45, 7) is 6.08. The van der Waals surface area contributed by atoms with E-state index in [1.165, 1.54) is 18.5 Å². The van der Waals surface area contributed by atoms with E-state index in [0.29, 0.717) is 34.7 Å². The number of fused-ring (bicyclic) bond motifs is 1. The highest BCUT2D eigenvalue weighted by molar-refractivity contribution is 5.95. The van der Waals surface area contributed by atoms with Crippen molar-refractivity contribution >= 4 is 16.9 Å². The van der Waals surface area contributed by atoms with Crippen molar-refractivity contribution in [3.05, 3.63) is 53.6 Å². The Labute approximate surface area is 150 Å². The minimum absolute atomic E-state index is 0.00329. The van der Waals surface area contributed by atoms with Gasteiger partial charge in [-0.3, -0.25) is 0 Å². The summed E-state index contributed by atoms with van der Waals surface area (Å²) < 4.78 is 20.1. The predicted octanol–water partition coefficient (Wildman–Crippen LogP) is 4.66. The Morgan fingerprint density at radius 2 is 2.00 bits per heavy atom. The normalized spacial score (nSPS) is 11.1. The fraction of sp³-hybridized carbons (Fsp3) is 0.250. The van der Waals surface area contributed by atoms with Crippen molar-refractivity contribution in [2.45, 2.75) is 26.7 Å². The molecule has 0 fully saturated rings. The van der Waals surface area contributed by atoms with E-state index in [2.05, 4.69) is 9.97 Å². The van der Waals surface area contributed by atoms with Crippen LogP contribution >= 0.6 is 0 Å². The van der Waals surface area contributed by atoms with Crippen molar-refractivity contribution in [1.82, 2.24) is 9.97 Å². The van der Waals surface area contributed by atoms with Crippen LogP contribution in [0.2, 0.25) is 0 Å². The van der Waals surface area contributed by atoms with Gasteiger partial charge in [-0.15, -0.1) is 0 Å². The Morgan fingerprint density at radius 3 is 2.65 bits per heavy atom. The van der Waals surface area contributed by atoms with Crippen molar-refractivity contribution < 1.29 is 19.0 Å².